The molecule has 0 atom stereocenters. The average molecular weight is 298 g/mol. The van der Waals surface area contributed by atoms with E-state index < -0.39 is 17.5 Å². The molecule has 20 heavy (non-hydrogen) atoms. The highest BCUT2D eigenvalue weighted by Gasteiger charge is 2.10. The summed E-state index contributed by atoms with van der Waals surface area (Å²) >= 11 is 1.11. The fraction of sp³-hybridized carbons (Fsp3) is 0.250. The second-order valence-corrected chi connectivity index (χ2v) is 4.82. The Bertz CT molecular complexity index is 617. The number of carbonyl (C=O) groups excluding carboxylic acids is 1. The number of amides is 1. The lowest BCUT2D eigenvalue weighted by Gasteiger charge is -2.05. The van der Waals surface area contributed by atoms with E-state index in [1.54, 1.807) is 0 Å². The molecule has 2 N–H and O–H groups in total. The number of nitrogens with zero attached hydrogens (tertiary/aromatic N) is 2. The first kappa shape index (κ1) is 14.4. The van der Waals surface area contributed by atoms with Crippen LogP contribution in [0.15, 0.2) is 23.4 Å². The highest BCUT2D eigenvalue weighted by atomic mass is 32.2. The maximum absolute atomic E-state index is 13.3. The summed E-state index contributed by atoms with van der Waals surface area (Å²) in [5.41, 5.74) is -0.181. The topological polar surface area (TPSA) is 70.7 Å². The number of nitrogens with one attached hydrogen (secondary N) is 2. The van der Waals surface area contributed by atoms with E-state index in [1.165, 1.54) is 0 Å². The summed E-state index contributed by atoms with van der Waals surface area (Å²) in [5.74, 6) is -1.02. The zero-order chi connectivity index (χ0) is 14.5. The van der Waals surface area contributed by atoms with Gasteiger partial charge in [0.25, 0.3) is 0 Å². The van der Waals surface area contributed by atoms with Crippen LogP contribution in [-0.4, -0.2) is 26.8 Å². The molecule has 2 rings (SSSR count). The maximum Gasteiger partial charge on any atom is 0.234 e. The molecular formula is C12H12F2N4OS. The Morgan fingerprint density at radius 3 is 2.95 bits per heavy atom. The minimum absolute atomic E-state index is 0.0109. The highest BCUT2D eigenvalue weighted by Crippen LogP contribution is 2.17. The van der Waals surface area contributed by atoms with Gasteiger partial charge in [-0.1, -0.05) is 18.7 Å². The highest BCUT2D eigenvalue weighted by molar-refractivity contribution is 7.99. The number of anilines is 1. The quantitative estimate of drug-likeness (QED) is 0.831. The molecule has 1 heterocycles. The van der Waals surface area contributed by atoms with Gasteiger partial charge in [0.15, 0.2) is 0 Å². The summed E-state index contributed by atoms with van der Waals surface area (Å²) in [7, 11) is 0. The van der Waals surface area contributed by atoms with Crippen molar-refractivity contribution in [3.8, 4) is 0 Å². The van der Waals surface area contributed by atoms with E-state index >= 15 is 0 Å². The number of hydrogen-bond donors (Lipinski definition) is 2. The monoisotopic (exact) mass is 298 g/mol. The molecule has 0 bridgehead atoms. The molecule has 0 aliphatic carbocycles. The second kappa shape index (κ2) is 6.47. The van der Waals surface area contributed by atoms with Crippen LogP contribution < -0.4 is 5.32 Å². The first-order chi connectivity index (χ1) is 9.58. The van der Waals surface area contributed by atoms with Crippen LogP contribution in [0.4, 0.5) is 14.5 Å². The minimum Gasteiger partial charge on any atom is -0.323 e. The van der Waals surface area contributed by atoms with E-state index in [1.807, 2.05) is 6.92 Å². The van der Waals surface area contributed by atoms with Crippen LogP contribution >= 0.6 is 11.8 Å². The molecule has 0 unspecified atom stereocenters. The third-order valence-corrected chi connectivity index (χ3v) is 3.23. The molecular weight excluding hydrogens is 286 g/mol. The maximum atomic E-state index is 13.3. The van der Waals surface area contributed by atoms with E-state index in [-0.39, 0.29) is 11.4 Å². The lowest BCUT2D eigenvalue weighted by molar-refractivity contribution is -0.113. The molecule has 2 aromatic rings. The number of rotatable bonds is 5. The average Bonchev–Trinajstić information content (AvgIpc) is 2.89. The first-order valence-electron chi connectivity index (χ1n) is 5.87. The second-order valence-electron chi connectivity index (χ2n) is 3.88. The zero-order valence-electron chi connectivity index (χ0n) is 10.6. The van der Waals surface area contributed by atoms with Gasteiger partial charge in [-0.05, 0) is 12.1 Å². The van der Waals surface area contributed by atoms with Crippen LogP contribution in [0.5, 0.6) is 0 Å². The van der Waals surface area contributed by atoms with Crippen molar-refractivity contribution in [1.82, 2.24) is 15.2 Å². The lowest BCUT2D eigenvalue weighted by atomic mass is 10.3. The van der Waals surface area contributed by atoms with Gasteiger partial charge in [0.05, 0.1) is 11.4 Å². The number of aryl methyl sites for hydroxylation is 1. The van der Waals surface area contributed by atoms with Gasteiger partial charge in [0.1, 0.15) is 17.5 Å². The van der Waals surface area contributed by atoms with E-state index in [0.29, 0.717) is 11.6 Å². The smallest absolute Gasteiger partial charge is 0.234 e. The SMILES string of the molecule is CCc1nc(SCC(=O)Nc2cc(F)ccc2F)n[nH]1. The normalized spacial score (nSPS) is 10.6. The predicted molar refractivity (Wildman–Crippen MR) is 71.5 cm³/mol. The Hall–Kier alpha value is -1.96. The van der Waals surface area contributed by atoms with Crippen molar-refractivity contribution in [2.24, 2.45) is 0 Å². The first-order valence-corrected chi connectivity index (χ1v) is 6.86. The van der Waals surface area contributed by atoms with Gasteiger partial charge in [-0.25, -0.2) is 13.8 Å². The number of hydrogen-bond acceptors (Lipinski definition) is 4. The van der Waals surface area contributed by atoms with Crippen molar-refractivity contribution in [3.63, 3.8) is 0 Å². The molecule has 0 spiro atoms. The Morgan fingerprint density at radius 2 is 2.25 bits per heavy atom. The van der Waals surface area contributed by atoms with Crippen LogP contribution in [0.1, 0.15) is 12.7 Å². The summed E-state index contributed by atoms with van der Waals surface area (Å²) < 4.78 is 26.3. The van der Waals surface area contributed by atoms with Crippen molar-refractivity contribution in [2.45, 2.75) is 18.5 Å². The zero-order valence-corrected chi connectivity index (χ0v) is 11.4. The molecule has 106 valence electrons. The fourth-order valence-corrected chi connectivity index (χ4v) is 2.03. The standard InChI is InChI=1S/C12H12F2N4OS/c1-2-10-16-12(18-17-10)20-6-11(19)15-9-5-7(13)3-4-8(9)14/h3-5H,2,6H2,1H3,(H,15,19)(H,16,17,18). The molecule has 1 aromatic heterocycles. The minimum atomic E-state index is -0.684. The number of aromatic amines is 1. The molecule has 0 aliphatic rings. The van der Waals surface area contributed by atoms with Gasteiger partial charge in [0.2, 0.25) is 11.1 Å². The van der Waals surface area contributed by atoms with E-state index in [0.717, 1.165) is 35.8 Å². The van der Waals surface area contributed by atoms with E-state index in [9.17, 15) is 13.6 Å². The largest absolute Gasteiger partial charge is 0.323 e. The molecule has 0 radical (unpaired) electrons. The van der Waals surface area contributed by atoms with Gasteiger partial charge >= 0.3 is 0 Å². The van der Waals surface area contributed by atoms with Crippen LogP contribution in [0.25, 0.3) is 0 Å². The van der Waals surface area contributed by atoms with Gasteiger partial charge in [-0.2, -0.15) is 0 Å². The summed E-state index contributed by atoms with van der Waals surface area (Å²) in [6.45, 7) is 1.92. The molecule has 5 nitrogen and oxygen atoms in total. The van der Waals surface area contributed by atoms with Crippen molar-refractivity contribution in [2.75, 3.05) is 11.1 Å². The lowest BCUT2D eigenvalue weighted by Crippen LogP contribution is -2.15. The number of aromatic nitrogens is 3. The van der Waals surface area contributed by atoms with E-state index in [4.69, 9.17) is 0 Å². The third-order valence-electron chi connectivity index (χ3n) is 2.38. The molecule has 0 fully saturated rings. The van der Waals surface area contributed by atoms with E-state index in [2.05, 4.69) is 20.5 Å². The molecule has 0 aliphatic heterocycles. The number of halogens is 2. The van der Waals surface area contributed by atoms with Crippen LogP contribution in [0, 0.1) is 11.6 Å². The Morgan fingerprint density at radius 1 is 1.45 bits per heavy atom. The number of thioether (sulfide) groups is 1. The molecule has 0 saturated heterocycles. The van der Waals surface area contributed by atoms with Crippen LogP contribution in [-0.2, 0) is 11.2 Å². The molecule has 1 aromatic carbocycles. The van der Waals surface area contributed by atoms with Crippen LogP contribution in [0.3, 0.4) is 0 Å². The fourth-order valence-electron chi connectivity index (χ4n) is 1.41. The Kier molecular flexibility index (Phi) is 4.67. The van der Waals surface area contributed by atoms with Crippen molar-refractivity contribution in [1.29, 1.82) is 0 Å². The van der Waals surface area contributed by atoms with Crippen molar-refractivity contribution >= 4 is 23.4 Å². The summed E-state index contributed by atoms with van der Waals surface area (Å²) in [6.07, 6.45) is 0.717. The number of H-pyrrole nitrogens is 1. The van der Waals surface area contributed by atoms with Gasteiger partial charge < -0.3 is 5.32 Å². The van der Waals surface area contributed by atoms with Crippen molar-refractivity contribution < 1.29 is 13.6 Å². The third kappa shape index (κ3) is 3.77. The summed E-state index contributed by atoms with van der Waals surface area (Å²) in [6, 6.07) is 2.88. The van der Waals surface area contributed by atoms with Gasteiger partial charge in [-0.15, -0.1) is 5.10 Å². The number of carbonyl (C=O) groups is 1. The predicted octanol–water partition coefficient (Wildman–Crippen LogP) is 2.38. The van der Waals surface area contributed by atoms with Crippen LogP contribution in [0.2, 0.25) is 0 Å². The Balaban J connectivity index is 1.90. The molecule has 0 saturated carbocycles. The van der Waals surface area contributed by atoms with Gasteiger partial charge in [-0.3, -0.25) is 9.89 Å². The summed E-state index contributed by atoms with van der Waals surface area (Å²) in [4.78, 5) is 15.8. The van der Waals surface area contributed by atoms with Gasteiger partial charge in [0, 0.05) is 12.5 Å². The number of benzene rings is 1. The molecule has 8 heteroatoms. The van der Waals surface area contributed by atoms with Crippen molar-refractivity contribution in [3.05, 3.63) is 35.7 Å². The Labute approximate surface area is 118 Å². The molecule has 1 amide bonds. The summed E-state index contributed by atoms with van der Waals surface area (Å²) in [5, 5.41) is 9.38.